The molecule has 0 bridgehead atoms. The Bertz CT molecular complexity index is 395. The van der Waals surface area contributed by atoms with Gasteiger partial charge in [-0.1, -0.05) is 0 Å². The number of nitrogens with one attached hydrogen (secondary N) is 1. The van der Waals surface area contributed by atoms with Gasteiger partial charge in [0.05, 0.1) is 0 Å². The van der Waals surface area contributed by atoms with Crippen molar-refractivity contribution in [2.24, 2.45) is 0 Å². The van der Waals surface area contributed by atoms with E-state index in [1.807, 2.05) is 0 Å². The van der Waals surface area contributed by atoms with E-state index >= 15 is 0 Å². The molecule has 5 nitrogen and oxygen atoms in total. The Labute approximate surface area is 105 Å². The second-order valence-corrected chi connectivity index (χ2v) is 4.28. The zero-order chi connectivity index (χ0) is 12.8. The minimum atomic E-state index is -0.728. The van der Waals surface area contributed by atoms with Crippen LogP contribution in [0, 0.1) is 0 Å². The lowest BCUT2D eigenvalue weighted by molar-refractivity contribution is -0.119. The van der Waals surface area contributed by atoms with Gasteiger partial charge in [0.15, 0.2) is 0 Å². The molecule has 0 radical (unpaired) electrons. The van der Waals surface area contributed by atoms with Crippen molar-refractivity contribution in [1.82, 2.24) is 15.2 Å². The second kappa shape index (κ2) is 6.20. The Morgan fingerprint density at radius 2 is 2.06 bits per heavy atom. The van der Waals surface area contributed by atoms with Crippen LogP contribution in [0.5, 0.6) is 0 Å². The molecule has 92 valence electrons. The molecular weight excluding hydrogens is 242 g/mol. The highest BCUT2D eigenvalue weighted by Gasteiger charge is 2.16. The van der Waals surface area contributed by atoms with Crippen LogP contribution in [0.4, 0.5) is 4.79 Å². The van der Waals surface area contributed by atoms with Crippen LogP contribution in [0.1, 0.15) is 12.5 Å². The smallest absolute Gasteiger partial charge is 0.323 e. The van der Waals surface area contributed by atoms with Gasteiger partial charge in [0.1, 0.15) is 5.38 Å². The summed E-state index contributed by atoms with van der Waals surface area (Å²) in [6.45, 7) is 1.91. The first-order chi connectivity index (χ1) is 8.00. The zero-order valence-corrected chi connectivity index (χ0v) is 10.4. The molecule has 0 aliphatic carbocycles. The van der Waals surface area contributed by atoms with E-state index in [1.54, 1.807) is 31.6 Å². The number of amides is 3. The third kappa shape index (κ3) is 4.40. The molecule has 0 saturated heterocycles. The summed E-state index contributed by atoms with van der Waals surface area (Å²) >= 11 is 5.55. The number of alkyl halides is 1. The molecule has 1 rings (SSSR count). The number of imide groups is 1. The molecule has 1 atom stereocenters. The molecule has 1 heterocycles. The van der Waals surface area contributed by atoms with Gasteiger partial charge < -0.3 is 4.90 Å². The zero-order valence-electron chi connectivity index (χ0n) is 9.68. The summed E-state index contributed by atoms with van der Waals surface area (Å²) in [6.07, 6.45) is 3.29. The van der Waals surface area contributed by atoms with Gasteiger partial charge in [0.2, 0.25) is 5.91 Å². The van der Waals surface area contributed by atoms with E-state index in [-0.39, 0.29) is 0 Å². The van der Waals surface area contributed by atoms with Crippen molar-refractivity contribution in [2.45, 2.75) is 18.8 Å². The van der Waals surface area contributed by atoms with E-state index in [0.29, 0.717) is 6.54 Å². The maximum Gasteiger partial charge on any atom is 0.324 e. The fourth-order valence-electron chi connectivity index (χ4n) is 1.13. The standard InChI is InChI=1S/C11H14ClN3O2/c1-8(12)10(16)14-11(17)15(2)7-9-3-5-13-6-4-9/h3-6,8H,7H2,1-2H3,(H,14,16,17). The Kier molecular flexibility index (Phi) is 4.90. The van der Waals surface area contributed by atoms with Crippen LogP contribution >= 0.6 is 11.6 Å². The number of aromatic nitrogens is 1. The largest absolute Gasteiger partial charge is 0.324 e. The van der Waals surface area contributed by atoms with Crippen molar-refractivity contribution in [1.29, 1.82) is 0 Å². The molecule has 1 aromatic heterocycles. The van der Waals surface area contributed by atoms with Crippen LogP contribution in [0.15, 0.2) is 24.5 Å². The SMILES string of the molecule is CC(Cl)C(=O)NC(=O)N(C)Cc1ccncc1. The fourth-order valence-corrected chi connectivity index (χ4v) is 1.19. The lowest BCUT2D eigenvalue weighted by Gasteiger charge is -2.17. The number of nitrogens with zero attached hydrogens (tertiary/aromatic N) is 2. The number of carbonyl (C=O) groups excluding carboxylic acids is 2. The quantitative estimate of drug-likeness (QED) is 0.830. The number of pyridine rings is 1. The van der Waals surface area contributed by atoms with Crippen molar-refractivity contribution in [3.05, 3.63) is 30.1 Å². The van der Waals surface area contributed by atoms with Crippen LogP contribution in [0.2, 0.25) is 0 Å². The summed E-state index contributed by atoms with van der Waals surface area (Å²) < 4.78 is 0. The van der Waals surface area contributed by atoms with Crippen LogP contribution in [0.3, 0.4) is 0 Å². The first kappa shape index (κ1) is 13.4. The third-order valence-electron chi connectivity index (χ3n) is 2.11. The molecule has 0 fully saturated rings. The number of hydrogen-bond donors (Lipinski definition) is 1. The lowest BCUT2D eigenvalue weighted by Crippen LogP contribution is -2.42. The fraction of sp³-hybridized carbons (Fsp3) is 0.364. The number of hydrogen-bond acceptors (Lipinski definition) is 3. The Morgan fingerprint density at radius 1 is 1.47 bits per heavy atom. The first-order valence-corrected chi connectivity index (χ1v) is 5.53. The molecule has 0 saturated carbocycles. The average molecular weight is 256 g/mol. The summed E-state index contributed by atoms with van der Waals surface area (Å²) in [4.78, 5) is 28.1. The molecule has 0 spiro atoms. The molecular formula is C11H14ClN3O2. The highest BCUT2D eigenvalue weighted by atomic mass is 35.5. The maximum absolute atomic E-state index is 11.6. The topological polar surface area (TPSA) is 62.3 Å². The summed E-state index contributed by atoms with van der Waals surface area (Å²) in [7, 11) is 1.60. The molecule has 0 aliphatic heterocycles. The monoisotopic (exact) mass is 255 g/mol. The minimum absolute atomic E-state index is 0.401. The minimum Gasteiger partial charge on any atom is -0.323 e. The van der Waals surface area contributed by atoms with E-state index < -0.39 is 17.3 Å². The molecule has 1 N–H and O–H groups in total. The lowest BCUT2D eigenvalue weighted by atomic mass is 10.2. The van der Waals surface area contributed by atoms with E-state index in [9.17, 15) is 9.59 Å². The van der Waals surface area contributed by atoms with Crippen molar-refractivity contribution in [3.8, 4) is 0 Å². The van der Waals surface area contributed by atoms with Gasteiger partial charge in [-0.15, -0.1) is 11.6 Å². The van der Waals surface area contributed by atoms with E-state index in [1.165, 1.54) is 11.8 Å². The van der Waals surface area contributed by atoms with E-state index in [0.717, 1.165) is 5.56 Å². The molecule has 1 aromatic rings. The van der Waals surface area contributed by atoms with E-state index in [2.05, 4.69) is 10.3 Å². The highest BCUT2D eigenvalue weighted by Crippen LogP contribution is 2.01. The molecule has 0 aromatic carbocycles. The van der Waals surface area contributed by atoms with Gasteiger partial charge in [-0.2, -0.15) is 0 Å². The molecule has 1 unspecified atom stereocenters. The Balaban J connectivity index is 2.51. The van der Waals surface area contributed by atoms with E-state index in [4.69, 9.17) is 11.6 Å². The molecule has 3 amide bonds. The van der Waals surface area contributed by atoms with Gasteiger partial charge in [-0.05, 0) is 24.6 Å². The summed E-state index contributed by atoms with van der Waals surface area (Å²) in [5.74, 6) is -0.502. The Hall–Kier alpha value is -1.62. The predicted molar refractivity (Wildman–Crippen MR) is 64.6 cm³/mol. The summed E-state index contributed by atoms with van der Waals surface area (Å²) in [5.41, 5.74) is 0.934. The van der Waals surface area contributed by atoms with Crippen LogP contribution in [0.25, 0.3) is 0 Å². The van der Waals surface area contributed by atoms with Crippen LogP contribution in [-0.2, 0) is 11.3 Å². The molecule has 17 heavy (non-hydrogen) atoms. The molecule has 0 aliphatic rings. The van der Waals surface area contributed by atoms with Crippen LogP contribution in [-0.4, -0.2) is 34.2 Å². The molecule has 6 heteroatoms. The maximum atomic E-state index is 11.6. The third-order valence-corrected chi connectivity index (χ3v) is 2.31. The van der Waals surface area contributed by atoms with Gasteiger partial charge in [0, 0.05) is 26.0 Å². The van der Waals surface area contributed by atoms with Gasteiger partial charge in [-0.25, -0.2) is 4.79 Å². The van der Waals surface area contributed by atoms with Gasteiger partial charge in [0.25, 0.3) is 0 Å². The normalized spacial score (nSPS) is 11.7. The van der Waals surface area contributed by atoms with Crippen molar-refractivity contribution in [2.75, 3.05) is 7.05 Å². The average Bonchev–Trinajstić information content (AvgIpc) is 2.29. The van der Waals surface area contributed by atoms with Gasteiger partial charge >= 0.3 is 6.03 Å². The Morgan fingerprint density at radius 3 is 2.59 bits per heavy atom. The highest BCUT2D eigenvalue weighted by molar-refractivity contribution is 6.31. The van der Waals surface area contributed by atoms with Gasteiger partial charge in [-0.3, -0.25) is 15.1 Å². The van der Waals surface area contributed by atoms with Crippen LogP contribution < -0.4 is 5.32 Å². The predicted octanol–water partition coefficient (Wildman–Crippen LogP) is 1.38. The van der Waals surface area contributed by atoms with Crippen molar-refractivity contribution >= 4 is 23.5 Å². The second-order valence-electron chi connectivity index (χ2n) is 3.62. The van der Waals surface area contributed by atoms with Crippen molar-refractivity contribution < 1.29 is 9.59 Å². The van der Waals surface area contributed by atoms with Crippen molar-refractivity contribution in [3.63, 3.8) is 0 Å². The number of rotatable bonds is 3. The first-order valence-electron chi connectivity index (χ1n) is 5.09. The number of halogens is 1. The summed E-state index contributed by atoms with van der Waals surface area (Å²) in [6, 6.07) is 3.13. The summed E-state index contributed by atoms with van der Waals surface area (Å²) in [5, 5.41) is 1.47. The number of urea groups is 1. The number of carbonyl (C=O) groups is 2.